The van der Waals surface area contributed by atoms with Crippen molar-refractivity contribution in [3.63, 3.8) is 0 Å². The molecule has 6 nitrogen and oxygen atoms in total. The van der Waals surface area contributed by atoms with Crippen molar-refractivity contribution in [2.45, 2.75) is 5.60 Å². The quantitative estimate of drug-likeness (QED) is 0.156. The Hall–Kier alpha value is -6.89. The first-order valence-electron chi connectivity index (χ1n) is 17.2. The van der Waals surface area contributed by atoms with Crippen LogP contribution in [-0.2, 0) is 5.60 Å². The number of nitrogens with zero attached hydrogens (tertiary/aromatic N) is 5. The predicted octanol–water partition coefficient (Wildman–Crippen LogP) is 10.8. The van der Waals surface area contributed by atoms with Crippen molar-refractivity contribution in [3.05, 3.63) is 223 Å². The molecule has 0 aliphatic carbocycles. The Morgan fingerprint density at radius 2 is 0.654 bits per heavy atom. The molecule has 250 valence electrons. The molecule has 0 atom stereocenters. The summed E-state index contributed by atoms with van der Waals surface area (Å²) in [5.74, 6) is 1.28. The van der Waals surface area contributed by atoms with Crippen molar-refractivity contribution in [3.8, 4) is 11.3 Å². The van der Waals surface area contributed by atoms with Gasteiger partial charge in [-0.15, -0.1) is 0 Å². The number of hydrogen-bond donors (Lipinski definition) is 1. The summed E-state index contributed by atoms with van der Waals surface area (Å²) >= 11 is 0. The van der Waals surface area contributed by atoms with Crippen molar-refractivity contribution >= 4 is 34.4 Å². The van der Waals surface area contributed by atoms with Gasteiger partial charge in [0.15, 0.2) is 5.60 Å². The molecule has 6 heteroatoms. The highest BCUT2D eigenvalue weighted by atomic mass is 16.3. The van der Waals surface area contributed by atoms with Crippen molar-refractivity contribution in [2.24, 2.45) is 0 Å². The average molecular weight is 674 g/mol. The highest BCUT2D eigenvalue weighted by Crippen LogP contribution is 2.40. The minimum absolute atomic E-state index is 0.384. The summed E-state index contributed by atoms with van der Waals surface area (Å²) < 4.78 is 0. The van der Waals surface area contributed by atoms with Crippen molar-refractivity contribution in [1.82, 2.24) is 15.0 Å². The van der Waals surface area contributed by atoms with Gasteiger partial charge in [-0.25, -0.2) is 15.0 Å². The zero-order chi connectivity index (χ0) is 35.2. The SMILES string of the molecule is OC(c1cccc(-c2ccccc2)n1)(c1cccc(N(c2ccccc2)c2ccccc2)n1)c1cccc(N(c2ccccc2)c2ccccc2)n1. The Labute approximate surface area is 303 Å². The molecular weight excluding hydrogens is 639 g/mol. The van der Waals surface area contributed by atoms with E-state index in [2.05, 4.69) is 9.80 Å². The summed E-state index contributed by atoms with van der Waals surface area (Å²) in [5.41, 5.74) is 4.74. The molecular formula is C46H35N5O. The number of pyridine rings is 3. The van der Waals surface area contributed by atoms with Crippen LogP contribution in [0.4, 0.5) is 34.4 Å². The lowest BCUT2D eigenvalue weighted by Gasteiger charge is -2.31. The largest absolute Gasteiger partial charge is 0.372 e. The minimum Gasteiger partial charge on any atom is -0.372 e. The second-order valence-electron chi connectivity index (χ2n) is 12.3. The third kappa shape index (κ3) is 6.42. The standard InChI is InChI=1S/C46H35N5O/c52-46(41-30-16-29-40(47-41)35-19-6-1-7-20-35,42-31-17-33-44(48-42)50(36-21-8-2-9-22-36)37-23-10-3-11-24-37)43-32-18-34-45(49-43)51(38-25-12-4-13-26-38)39-27-14-5-15-28-39/h1-34,52H. The number of anilines is 6. The van der Waals surface area contributed by atoms with Crippen LogP contribution in [0.25, 0.3) is 11.3 Å². The average Bonchev–Trinajstić information content (AvgIpc) is 3.23. The predicted molar refractivity (Wildman–Crippen MR) is 210 cm³/mol. The fourth-order valence-electron chi connectivity index (χ4n) is 6.43. The molecule has 8 aromatic rings. The molecule has 0 bridgehead atoms. The summed E-state index contributed by atoms with van der Waals surface area (Å²) in [6, 6.07) is 67.5. The summed E-state index contributed by atoms with van der Waals surface area (Å²) in [6.45, 7) is 0. The lowest BCUT2D eigenvalue weighted by Crippen LogP contribution is -2.33. The van der Waals surface area contributed by atoms with Gasteiger partial charge in [-0.3, -0.25) is 9.80 Å². The minimum atomic E-state index is -1.85. The Morgan fingerprint density at radius 1 is 0.327 bits per heavy atom. The summed E-state index contributed by atoms with van der Waals surface area (Å²) in [6.07, 6.45) is 0. The normalized spacial score (nSPS) is 11.2. The van der Waals surface area contributed by atoms with Crippen molar-refractivity contribution in [2.75, 3.05) is 9.80 Å². The van der Waals surface area contributed by atoms with Crippen LogP contribution in [-0.4, -0.2) is 20.1 Å². The number of benzene rings is 5. The van der Waals surface area contributed by atoms with E-state index < -0.39 is 5.60 Å². The van der Waals surface area contributed by atoms with E-state index in [1.54, 1.807) is 0 Å². The van der Waals surface area contributed by atoms with Crippen LogP contribution in [0.5, 0.6) is 0 Å². The van der Waals surface area contributed by atoms with Crippen LogP contribution in [0.15, 0.2) is 206 Å². The first kappa shape index (κ1) is 32.3. The van der Waals surface area contributed by atoms with Crippen LogP contribution < -0.4 is 9.80 Å². The highest BCUT2D eigenvalue weighted by Gasteiger charge is 2.40. The zero-order valence-corrected chi connectivity index (χ0v) is 28.3. The zero-order valence-electron chi connectivity index (χ0n) is 28.3. The smallest absolute Gasteiger partial charge is 0.191 e. The second kappa shape index (κ2) is 14.5. The lowest BCUT2D eigenvalue weighted by molar-refractivity contribution is 0.111. The van der Waals surface area contributed by atoms with Gasteiger partial charge in [-0.05, 0) is 84.9 Å². The molecule has 0 unspecified atom stereocenters. The first-order valence-corrected chi connectivity index (χ1v) is 17.2. The third-order valence-corrected chi connectivity index (χ3v) is 8.92. The maximum Gasteiger partial charge on any atom is 0.191 e. The Balaban J connectivity index is 1.33. The number of aromatic nitrogens is 3. The molecule has 3 heterocycles. The van der Waals surface area contributed by atoms with Gasteiger partial charge in [-0.1, -0.05) is 121 Å². The Bertz CT molecular complexity index is 2170. The molecule has 0 saturated heterocycles. The maximum atomic E-state index is 13.4. The monoisotopic (exact) mass is 673 g/mol. The topological polar surface area (TPSA) is 65.4 Å². The van der Waals surface area contributed by atoms with Crippen molar-refractivity contribution in [1.29, 1.82) is 0 Å². The molecule has 0 amide bonds. The highest BCUT2D eigenvalue weighted by molar-refractivity contribution is 5.76. The van der Waals surface area contributed by atoms with Gasteiger partial charge in [0.25, 0.3) is 0 Å². The van der Waals surface area contributed by atoms with E-state index in [4.69, 9.17) is 15.0 Å². The summed E-state index contributed by atoms with van der Waals surface area (Å²) in [5, 5.41) is 13.4. The summed E-state index contributed by atoms with van der Waals surface area (Å²) in [4.78, 5) is 19.7. The molecule has 0 aliphatic heterocycles. The molecule has 0 fully saturated rings. The summed E-state index contributed by atoms with van der Waals surface area (Å²) in [7, 11) is 0. The molecule has 52 heavy (non-hydrogen) atoms. The number of rotatable bonds is 10. The van der Waals surface area contributed by atoms with Gasteiger partial charge in [0.2, 0.25) is 0 Å². The van der Waals surface area contributed by atoms with Crippen LogP contribution in [0.1, 0.15) is 17.1 Å². The molecule has 3 aromatic heterocycles. The van der Waals surface area contributed by atoms with Gasteiger partial charge < -0.3 is 5.11 Å². The first-order chi connectivity index (χ1) is 25.7. The van der Waals surface area contributed by atoms with E-state index >= 15 is 0 Å². The van der Waals surface area contributed by atoms with E-state index in [0.29, 0.717) is 28.7 Å². The second-order valence-corrected chi connectivity index (χ2v) is 12.3. The molecule has 0 saturated carbocycles. The molecule has 0 spiro atoms. The van der Waals surface area contributed by atoms with Gasteiger partial charge in [0.1, 0.15) is 11.6 Å². The molecule has 0 aliphatic rings. The van der Waals surface area contributed by atoms with Gasteiger partial charge >= 0.3 is 0 Å². The lowest BCUT2D eigenvalue weighted by atomic mass is 9.89. The van der Waals surface area contributed by atoms with Crippen LogP contribution in [0, 0.1) is 0 Å². The number of hydrogen-bond acceptors (Lipinski definition) is 6. The van der Waals surface area contributed by atoms with E-state index in [9.17, 15) is 5.11 Å². The third-order valence-electron chi connectivity index (χ3n) is 8.92. The van der Waals surface area contributed by atoms with E-state index in [1.165, 1.54) is 0 Å². The van der Waals surface area contributed by atoms with Crippen LogP contribution in [0.2, 0.25) is 0 Å². The molecule has 8 rings (SSSR count). The van der Waals surface area contributed by atoms with Gasteiger partial charge in [0, 0.05) is 28.3 Å². The van der Waals surface area contributed by atoms with Crippen LogP contribution >= 0.6 is 0 Å². The Morgan fingerprint density at radius 3 is 1.04 bits per heavy atom. The van der Waals surface area contributed by atoms with E-state index in [1.807, 2.05) is 206 Å². The van der Waals surface area contributed by atoms with E-state index in [-0.39, 0.29) is 0 Å². The molecule has 1 N–H and O–H groups in total. The Kier molecular flexibility index (Phi) is 9.03. The fourth-order valence-corrected chi connectivity index (χ4v) is 6.43. The maximum absolute atomic E-state index is 13.4. The van der Waals surface area contributed by atoms with Crippen LogP contribution in [0.3, 0.4) is 0 Å². The molecule has 5 aromatic carbocycles. The van der Waals surface area contributed by atoms with Gasteiger partial charge in [-0.2, -0.15) is 0 Å². The van der Waals surface area contributed by atoms with Gasteiger partial charge in [0.05, 0.1) is 22.8 Å². The fraction of sp³-hybridized carbons (Fsp3) is 0.0217. The molecule has 0 radical (unpaired) electrons. The van der Waals surface area contributed by atoms with Crippen molar-refractivity contribution < 1.29 is 5.11 Å². The number of aliphatic hydroxyl groups is 1. The number of para-hydroxylation sites is 4. The van der Waals surface area contributed by atoms with E-state index in [0.717, 1.165) is 34.0 Å².